The van der Waals surface area contributed by atoms with E-state index in [1.54, 1.807) is 24.3 Å². The average Bonchev–Trinajstić information content (AvgIpc) is 2.66. The van der Waals surface area contributed by atoms with Gasteiger partial charge in [-0.05, 0) is 55.0 Å². The number of ether oxygens (including phenoxy) is 2. The highest BCUT2D eigenvalue weighted by atomic mass is 19.4. The molecule has 1 amide bonds. The zero-order valence-electron chi connectivity index (χ0n) is 15.1. The van der Waals surface area contributed by atoms with Crippen molar-refractivity contribution in [3.05, 3.63) is 65.7 Å². The van der Waals surface area contributed by atoms with Gasteiger partial charge in [0, 0.05) is 11.8 Å². The van der Waals surface area contributed by atoms with E-state index in [-0.39, 0.29) is 0 Å². The number of methoxy groups -OCH3 is 1. The van der Waals surface area contributed by atoms with Gasteiger partial charge in [0.25, 0.3) is 5.91 Å². The second-order valence-corrected chi connectivity index (χ2v) is 5.75. The Bertz CT molecular complexity index is 843. The number of rotatable bonds is 6. The molecule has 5 nitrogen and oxygen atoms in total. The Morgan fingerprint density at radius 1 is 1.04 bits per heavy atom. The number of amides is 1. The number of carbonyl (C=O) groups is 2. The molecule has 0 heterocycles. The van der Waals surface area contributed by atoms with Crippen LogP contribution in [0.2, 0.25) is 0 Å². The van der Waals surface area contributed by atoms with E-state index < -0.39 is 29.7 Å². The predicted octanol–water partition coefficient (Wildman–Crippen LogP) is 4.30. The number of carbonyl (C=O) groups excluding carboxylic acids is 2. The summed E-state index contributed by atoms with van der Waals surface area (Å²) < 4.78 is 47.5. The Morgan fingerprint density at radius 3 is 2.18 bits per heavy atom. The normalized spacial score (nSPS) is 12.5. The van der Waals surface area contributed by atoms with Gasteiger partial charge in [-0.3, -0.25) is 4.79 Å². The lowest BCUT2D eigenvalue weighted by Crippen LogP contribution is -2.29. The number of nitrogens with one attached hydrogen (secondary N) is 1. The van der Waals surface area contributed by atoms with Crippen molar-refractivity contribution in [2.24, 2.45) is 0 Å². The van der Waals surface area contributed by atoms with E-state index in [9.17, 15) is 22.8 Å². The van der Waals surface area contributed by atoms with Crippen molar-refractivity contribution in [3.63, 3.8) is 0 Å². The minimum absolute atomic E-state index is 0.389. The first-order chi connectivity index (χ1) is 13.2. The number of halogens is 3. The number of hydrogen-bond acceptors (Lipinski definition) is 4. The van der Waals surface area contributed by atoms with Crippen LogP contribution in [0, 0.1) is 0 Å². The molecule has 0 aliphatic carbocycles. The molecule has 0 aliphatic rings. The molecule has 0 saturated heterocycles. The molecule has 0 unspecified atom stereocenters. The molecule has 0 saturated carbocycles. The summed E-state index contributed by atoms with van der Waals surface area (Å²) in [5.74, 6) is -0.690. The lowest BCUT2D eigenvalue weighted by Gasteiger charge is -2.12. The zero-order chi connectivity index (χ0) is 20.7. The summed E-state index contributed by atoms with van der Waals surface area (Å²) in [4.78, 5) is 23.9. The van der Waals surface area contributed by atoms with Crippen LogP contribution < -0.4 is 10.1 Å². The minimum Gasteiger partial charge on any atom is -0.497 e. The van der Waals surface area contributed by atoms with Crippen molar-refractivity contribution in [1.82, 2.24) is 0 Å². The van der Waals surface area contributed by atoms with Crippen molar-refractivity contribution < 1.29 is 32.2 Å². The van der Waals surface area contributed by atoms with Gasteiger partial charge >= 0.3 is 12.1 Å². The van der Waals surface area contributed by atoms with E-state index in [0.29, 0.717) is 17.0 Å². The summed E-state index contributed by atoms with van der Waals surface area (Å²) in [6.45, 7) is 1.41. The van der Waals surface area contributed by atoms with Crippen LogP contribution in [0.1, 0.15) is 18.1 Å². The van der Waals surface area contributed by atoms with Gasteiger partial charge in [0.15, 0.2) is 6.10 Å². The Hall–Kier alpha value is -3.29. The fourth-order valence-corrected chi connectivity index (χ4v) is 2.13. The fraction of sp³-hybridized carbons (Fsp3) is 0.200. The van der Waals surface area contributed by atoms with Gasteiger partial charge in [-0.25, -0.2) is 4.79 Å². The molecule has 2 aromatic carbocycles. The standard InChI is InChI=1S/C20H18F3NO4/c1-13(19(26)24-16-8-10-17(27-2)11-9-16)28-18(25)12-5-14-3-6-15(7-4-14)20(21,22)23/h3-13H,1-2H3,(H,24,26)/b12-5+/t13-/m0/s1. The van der Waals surface area contributed by atoms with Crippen LogP contribution in [0.3, 0.4) is 0 Å². The molecule has 1 atom stereocenters. The van der Waals surface area contributed by atoms with E-state index in [0.717, 1.165) is 18.2 Å². The molecule has 0 aromatic heterocycles. The maximum Gasteiger partial charge on any atom is 0.416 e. The first kappa shape index (κ1) is 21.0. The van der Waals surface area contributed by atoms with E-state index in [4.69, 9.17) is 9.47 Å². The van der Waals surface area contributed by atoms with E-state index >= 15 is 0 Å². The highest BCUT2D eigenvalue weighted by Crippen LogP contribution is 2.29. The van der Waals surface area contributed by atoms with Gasteiger partial charge in [-0.15, -0.1) is 0 Å². The average molecular weight is 393 g/mol. The molecule has 1 N–H and O–H groups in total. The van der Waals surface area contributed by atoms with E-state index in [1.165, 1.54) is 32.2 Å². The molecule has 28 heavy (non-hydrogen) atoms. The lowest BCUT2D eigenvalue weighted by molar-refractivity contribution is -0.148. The molecule has 0 bridgehead atoms. The van der Waals surface area contributed by atoms with Gasteiger partial charge in [-0.2, -0.15) is 13.2 Å². The monoisotopic (exact) mass is 393 g/mol. The molecule has 2 aromatic rings. The van der Waals surface area contributed by atoms with Crippen LogP contribution in [-0.2, 0) is 20.5 Å². The molecule has 0 radical (unpaired) electrons. The molecule has 0 aliphatic heterocycles. The van der Waals surface area contributed by atoms with Crippen LogP contribution in [-0.4, -0.2) is 25.1 Å². The molecular formula is C20H18F3NO4. The third kappa shape index (κ3) is 6.15. The maximum absolute atomic E-state index is 12.5. The lowest BCUT2D eigenvalue weighted by atomic mass is 10.1. The van der Waals surface area contributed by atoms with Crippen molar-refractivity contribution in [1.29, 1.82) is 0 Å². The summed E-state index contributed by atoms with van der Waals surface area (Å²) in [7, 11) is 1.52. The van der Waals surface area contributed by atoms with E-state index in [1.807, 2.05) is 0 Å². The Balaban J connectivity index is 1.88. The first-order valence-corrected chi connectivity index (χ1v) is 8.20. The van der Waals surface area contributed by atoms with Crippen molar-refractivity contribution >= 4 is 23.6 Å². The first-order valence-electron chi connectivity index (χ1n) is 8.20. The van der Waals surface area contributed by atoms with Crippen molar-refractivity contribution in [2.75, 3.05) is 12.4 Å². The SMILES string of the molecule is COc1ccc(NC(=O)[C@H](C)OC(=O)/C=C/c2ccc(C(F)(F)F)cc2)cc1. The minimum atomic E-state index is -4.42. The Kier molecular flexibility index (Phi) is 6.81. The van der Waals surface area contributed by atoms with Crippen molar-refractivity contribution in [3.8, 4) is 5.75 Å². The fourth-order valence-electron chi connectivity index (χ4n) is 2.13. The number of anilines is 1. The Morgan fingerprint density at radius 2 is 1.64 bits per heavy atom. The molecular weight excluding hydrogens is 375 g/mol. The highest BCUT2D eigenvalue weighted by Gasteiger charge is 2.29. The summed E-state index contributed by atoms with van der Waals surface area (Å²) >= 11 is 0. The van der Waals surface area contributed by atoms with Gasteiger partial charge in [0.05, 0.1) is 12.7 Å². The smallest absolute Gasteiger partial charge is 0.416 e. The zero-order valence-corrected chi connectivity index (χ0v) is 15.1. The van der Waals surface area contributed by atoms with E-state index in [2.05, 4.69) is 5.32 Å². The number of esters is 1. The Labute approximate surface area is 159 Å². The summed E-state index contributed by atoms with van der Waals surface area (Å²) in [5, 5.41) is 2.59. The summed E-state index contributed by atoms with van der Waals surface area (Å²) in [6, 6.07) is 10.9. The maximum atomic E-state index is 12.5. The molecule has 0 spiro atoms. The van der Waals surface area contributed by atoms with Gasteiger partial charge in [0.1, 0.15) is 5.75 Å². The highest BCUT2D eigenvalue weighted by molar-refractivity contribution is 5.96. The molecule has 8 heteroatoms. The van der Waals surface area contributed by atoms with Crippen LogP contribution >= 0.6 is 0 Å². The topological polar surface area (TPSA) is 64.6 Å². The number of alkyl halides is 3. The van der Waals surface area contributed by atoms with Crippen molar-refractivity contribution in [2.45, 2.75) is 19.2 Å². The second-order valence-electron chi connectivity index (χ2n) is 5.75. The second kappa shape index (κ2) is 9.07. The third-order valence-corrected chi connectivity index (χ3v) is 3.67. The van der Waals surface area contributed by atoms with Crippen LogP contribution in [0.5, 0.6) is 5.75 Å². The van der Waals surface area contributed by atoms with Crippen LogP contribution in [0.15, 0.2) is 54.6 Å². The quantitative estimate of drug-likeness (QED) is 0.587. The summed E-state index contributed by atoms with van der Waals surface area (Å²) in [6.07, 6.45) is -3.14. The van der Waals surface area contributed by atoms with Crippen LogP contribution in [0.4, 0.5) is 18.9 Å². The summed E-state index contributed by atoms with van der Waals surface area (Å²) in [5.41, 5.74) is 0.116. The third-order valence-electron chi connectivity index (χ3n) is 3.67. The number of hydrogen-bond donors (Lipinski definition) is 1. The van der Waals surface area contributed by atoms with Gasteiger partial charge in [-0.1, -0.05) is 12.1 Å². The van der Waals surface area contributed by atoms with Crippen LogP contribution in [0.25, 0.3) is 6.08 Å². The predicted molar refractivity (Wildman–Crippen MR) is 97.7 cm³/mol. The molecule has 148 valence electrons. The molecule has 0 fully saturated rings. The largest absolute Gasteiger partial charge is 0.497 e. The van der Waals surface area contributed by atoms with Gasteiger partial charge in [0.2, 0.25) is 0 Å². The molecule has 2 rings (SSSR count). The number of benzene rings is 2. The van der Waals surface area contributed by atoms with Gasteiger partial charge < -0.3 is 14.8 Å².